The molecule has 8 nitrogen and oxygen atoms in total. The maximum Gasteiger partial charge on any atom is 0.187 e. The number of ketones is 1. The van der Waals surface area contributed by atoms with Crippen LogP contribution in [0.3, 0.4) is 0 Å². The third-order valence-electron chi connectivity index (χ3n) is 5.06. The van der Waals surface area contributed by atoms with Gasteiger partial charge in [0.25, 0.3) is 0 Å². The second kappa shape index (κ2) is 8.91. The van der Waals surface area contributed by atoms with E-state index in [0.29, 0.717) is 12.0 Å². The van der Waals surface area contributed by atoms with E-state index in [4.69, 9.17) is 9.47 Å². The van der Waals surface area contributed by atoms with Gasteiger partial charge in [-0.1, -0.05) is 26.0 Å². The zero-order valence-electron chi connectivity index (χ0n) is 15.9. The van der Waals surface area contributed by atoms with E-state index in [1.165, 1.54) is 6.08 Å². The molecule has 0 saturated carbocycles. The molecule has 0 spiro atoms. The van der Waals surface area contributed by atoms with Crippen LogP contribution >= 0.6 is 0 Å². The maximum absolute atomic E-state index is 12.1. The lowest BCUT2D eigenvalue weighted by Gasteiger charge is -2.41. The molecule has 2 aliphatic rings. The van der Waals surface area contributed by atoms with Crippen LogP contribution in [0, 0.1) is 11.3 Å². The molecule has 6 unspecified atom stereocenters. The van der Waals surface area contributed by atoms with Gasteiger partial charge in [0.15, 0.2) is 12.1 Å². The zero-order chi connectivity index (χ0) is 20.4. The minimum atomic E-state index is -1.52. The van der Waals surface area contributed by atoms with Crippen molar-refractivity contribution in [3.05, 3.63) is 23.8 Å². The summed E-state index contributed by atoms with van der Waals surface area (Å²) in [6.45, 7) is 4.93. The monoisotopic (exact) mass is 386 g/mol. The fourth-order valence-electron chi connectivity index (χ4n) is 3.58. The number of ether oxygens (including phenoxy) is 2. The van der Waals surface area contributed by atoms with Crippen molar-refractivity contribution in [3.63, 3.8) is 0 Å². The van der Waals surface area contributed by atoms with E-state index in [1.807, 2.05) is 19.9 Å². The van der Waals surface area contributed by atoms with Crippen molar-refractivity contribution in [1.82, 2.24) is 0 Å². The van der Waals surface area contributed by atoms with Crippen molar-refractivity contribution in [2.45, 2.75) is 64.0 Å². The first-order valence-electron chi connectivity index (χ1n) is 9.08. The number of carbonyl (C=O) groups is 1. The molecule has 8 heteroatoms. The summed E-state index contributed by atoms with van der Waals surface area (Å²) in [5, 5.41) is 48.5. The highest BCUT2D eigenvalue weighted by atomic mass is 16.7. The molecule has 1 saturated heterocycles. The summed E-state index contributed by atoms with van der Waals surface area (Å²) in [6.07, 6.45) is -2.11. The highest BCUT2D eigenvalue weighted by Gasteiger charge is 2.44. The topological polar surface area (TPSA) is 137 Å². The van der Waals surface area contributed by atoms with Crippen LogP contribution in [-0.2, 0) is 14.3 Å². The Hall–Kier alpha value is -1.13. The van der Waals surface area contributed by atoms with E-state index >= 15 is 0 Å². The average molecular weight is 386 g/mol. The Kier molecular flexibility index (Phi) is 7.32. The molecule has 2 rings (SSSR count). The Labute approximate surface area is 158 Å². The van der Waals surface area contributed by atoms with Gasteiger partial charge in [0.2, 0.25) is 0 Å². The number of aliphatic hydroxyl groups excluding tert-OH is 5. The summed E-state index contributed by atoms with van der Waals surface area (Å²) in [5.41, 5.74) is 0.274. The van der Waals surface area contributed by atoms with E-state index < -0.39 is 43.4 Å². The molecule has 0 aromatic rings. The van der Waals surface area contributed by atoms with Gasteiger partial charge >= 0.3 is 0 Å². The number of allylic oxidation sites excluding steroid dienone is 2. The van der Waals surface area contributed by atoms with Gasteiger partial charge in [-0.15, -0.1) is 0 Å². The molecule has 0 amide bonds. The third kappa shape index (κ3) is 5.23. The molecule has 1 fully saturated rings. The first-order valence-corrected chi connectivity index (χ1v) is 9.08. The smallest absolute Gasteiger partial charge is 0.187 e. The minimum Gasteiger partial charge on any atom is -0.394 e. The third-order valence-corrected chi connectivity index (χ3v) is 5.06. The molecule has 0 aromatic heterocycles. The Morgan fingerprint density at radius 3 is 2.56 bits per heavy atom. The molecule has 1 heterocycles. The first-order chi connectivity index (χ1) is 12.6. The number of hydrogen-bond acceptors (Lipinski definition) is 8. The fraction of sp³-hybridized carbons (Fsp3) is 0.737. The highest BCUT2D eigenvalue weighted by Crippen LogP contribution is 2.41. The molecule has 0 bridgehead atoms. The van der Waals surface area contributed by atoms with Gasteiger partial charge in [-0.2, -0.15) is 0 Å². The predicted molar refractivity (Wildman–Crippen MR) is 95.5 cm³/mol. The predicted octanol–water partition coefficient (Wildman–Crippen LogP) is -0.719. The quantitative estimate of drug-likeness (QED) is 0.377. The lowest BCUT2D eigenvalue weighted by molar-refractivity contribution is -0.299. The zero-order valence-corrected chi connectivity index (χ0v) is 15.9. The van der Waals surface area contributed by atoms with Crippen molar-refractivity contribution < 1.29 is 39.8 Å². The van der Waals surface area contributed by atoms with Gasteiger partial charge < -0.3 is 35.0 Å². The number of carbonyl (C=O) groups excluding carboxylic acids is 1. The summed E-state index contributed by atoms with van der Waals surface area (Å²) < 4.78 is 10.9. The standard InChI is InChI=1S/C19H30O8/c1-10(21)4-5-13-11(6-12(22)7-19(13,2)3)9-26-18-17(25)16(24)15(23)14(8-20)27-18/h4-6,10,13-18,20-21,23-25H,7-9H2,1-3H3/b5-4+/t10?,13-,14?,15?,16?,17?,18?/m0/s1. The van der Waals surface area contributed by atoms with E-state index in [1.54, 1.807) is 13.0 Å². The second-order valence-corrected chi connectivity index (χ2v) is 7.96. The Balaban J connectivity index is 2.14. The summed E-state index contributed by atoms with van der Waals surface area (Å²) >= 11 is 0. The number of hydrogen-bond donors (Lipinski definition) is 5. The molecule has 0 aromatic carbocycles. The lowest BCUT2D eigenvalue weighted by Crippen LogP contribution is -2.59. The molecule has 154 valence electrons. The van der Waals surface area contributed by atoms with Crippen LogP contribution in [0.1, 0.15) is 27.2 Å². The van der Waals surface area contributed by atoms with Crippen molar-refractivity contribution >= 4 is 5.78 Å². The van der Waals surface area contributed by atoms with Gasteiger partial charge in [0, 0.05) is 12.3 Å². The van der Waals surface area contributed by atoms with E-state index in [2.05, 4.69) is 0 Å². The Morgan fingerprint density at radius 2 is 1.96 bits per heavy atom. The van der Waals surface area contributed by atoms with Crippen LogP contribution in [0.4, 0.5) is 0 Å². The maximum atomic E-state index is 12.1. The van der Waals surface area contributed by atoms with Crippen LogP contribution in [0.5, 0.6) is 0 Å². The molecule has 1 aliphatic heterocycles. The molecular formula is C19H30O8. The Bertz CT molecular complexity index is 580. The molecule has 1 aliphatic carbocycles. The van der Waals surface area contributed by atoms with Crippen LogP contribution in [0.15, 0.2) is 23.8 Å². The van der Waals surface area contributed by atoms with Gasteiger partial charge in [0.1, 0.15) is 24.4 Å². The summed E-state index contributed by atoms with van der Waals surface area (Å²) in [7, 11) is 0. The normalized spacial score (nSPS) is 38.1. The Morgan fingerprint density at radius 1 is 1.30 bits per heavy atom. The summed E-state index contributed by atoms with van der Waals surface area (Å²) in [5.74, 6) is -0.219. The van der Waals surface area contributed by atoms with Crippen LogP contribution in [-0.4, -0.2) is 81.3 Å². The molecule has 27 heavy (non-hydrogen) atoms. The number of aliphatic hydroxyl groups is 5. The van der Waals surface area contributed by atoms with E-state index in [-0.39, 0.29) is 23.7 Å². The molecular weight excluding hydrogens is 356 g/mol. The molecule has 0 radical (unpaired) electrons. The van der Waals surface area contributed by atoms with Crippen molar-refractivity contribution in [1.29, 1.82) is 0 Å². The van der Waals surface area contributed by atoms with E-state index in [9.17, 15) is 30.3 Å². The SMILES string of the molecule is CC(O)/C=C/[C@H]1C(COC2OC(CO)C(O)C(O)C2O)=CC(=O)CC1(C)C. The lowest BCUT2D eigenvalue weighted by atomic mass is 9.68. The van der Waals surface area contributed by atoms with Gasteiger partial charge in [-0.25, -0.2) is 0 Å². The second-order valence-electron chi connectivity index (χ2n) is 7.96. The van der Waals surface area contributed by atoms with Gasteiger partial charge in [0.05, 0.1) is 19.3 Å². The van der Waals surface area contributed by atoms with Gasteiger partial charge in [-0.05, 0) is 24.0 Å². The van der Waals surface area contributed by atoms with E-state index in [0.717, 1.165) is 0 Å². The van der Waals surface area contributed by atoms with Crippen molar-refractivity contribution in [2.75, 3.05) is 13.2 Å². The highest BCUT2D eigenvalue weighted by molar-refractivity contribution is 5.92. The fourth-order valence-corrected chi connectivity index (χ4v) is 3.58. The summed E-state index contributed by atoms with van der Waals surface area (Å²) in [4.78, 5) is 12.1. The van der Waals surface area contributed by atoms with Crippen LogP contribution < -0.4 is 0 Å². The average Bonchev–Trinajstić information content (AvgIpc) is 2.57. The molecule has 5 N–H and O–H groups in total. The number of rotatable bonds is 6. The minimum absolute atomic E-state index is 0.0471. The first kappa shape index (κ1) is 22.2. The van der Waals surface area contributed by atoms with Crippen molar-refractivity contribution in [3.8, 4) is 0 Å². The summed E-state index contributed by atoms with van der Waals surface area (Å²) in [6, 6.07) is 0. The van der Waals surface area contributed by atoms with Gasteiger partial charge in [-0.3, -0.25) is 4.79 Å². The van der Waals surface area contributed by atoms with Crippen LogP contribution in [0.25, 0.3) is 0 Å². The van der Waals surface area contributed by atoms with Crippen molar-refractivity contribution in [2.24, 2.45) is 11.3 Å². The molecule has 7 atom stereocenters. The van der Waals surface area contributed by atoms with Crippen LogP contribution in [0.2, 0.25) is 0 Å². The largest absolute Gasteiger partial charge is 0.394 e.